The summed E-state index contributed by atoms with van der Waals surface area (Å²) >= 11 is 1.59. The van der Waals surface area contributed by atoms with Crippen LogP contribution in [0.1, 0.15) is 23.4 Å². The lowest BCUT2D eigenvalue weighted by Crippen LogP contribution is -2.30. The smallest absolute Gasteiger partial charge is 0.244 e. The van der Waals surface area contributed by atoms with E-state index in [9.17, 15) is 8.42 Å². The van der Waals surface area contributed by atoms with Gasteiger partial charge in [0.05, 0.1) is 24.5 Å². The van der Waals surface area contributed by atoms with Gasteiger partial charge in [0.15, 0.2) is 0 Å². The highest BCUT2D eigenvalue weighted by atomic mass is 32.2. The van der Waals surface area contributed by atoms with Gasteiger partial charge in [-0.2, -0.15) is 4.31 Å². The van der Waals surface area contributed by atoms with Crippen molar-refractivity contribution in [3.8, 4) is 11.5 Å². The van der Waals surface area contributed by atoms with Crippen molar-refractivity contribution >= 4 is 21.8 Å². The van der Waals surface area contributed by atoms with Crippen molar-refractivity contribution in [3.63, 3.8) is 0 Å². The Kier molecular flexibility index (Phi) is 5.79. The molecule has 1 aliphatic heterocycles. The van der Waals surface area contributed by atoms with Crippen molar-refractivity contribution in [3.05, 3.63) is 53.6 Å². The largest absolute Gasteiger partial charge is 0.497 e. The summed E-state index contributed by atoms with van der Waals surface area (Å²) in [6, 6.07) is 12.6. The van der Waals surface area contributed by atoms with Gasteiger partial charge in [-0.05, 0) is 42.3 Å². The van der Waals surface area contributed by atoms with Crippen molar-refractivity contribution in [1.29, 1.82) is 0 Å². The minimum Gasteiger partial charge on any atom is -0.497 e. The molecule has 1 heterocycles. The van der Waals surface area contributed by atoms with Crippen LogP contribution in [0, 0.1) is 0 Å². The molecule has 1 saturated heterocycles. The van der Waals surface area contributed by atoms with E-state index in [1.807, 2.05) is 37.3 Å². The Bertz CT molecular complexity index is 866. The average Bonchev–Trinajstić information content (AvgIpc) is 3.18. The maximum absolute atomic E-state index is 13.2. The summed E-state index contributed by atoms with van der Waals surface area (Å²) in [5, 5.41) is -0.337. The molecule has 2 aromatic rings. The first kappa shape index (κ1) is 19.1. The number of hydrogen-bond donors (Lipinski definition) is 0. The number of hydrogen-bond acceptors (Lipinski definition) is 5. The predicted molar refractivity (Wildman–Crippen MR) is 104 cm³/mol. The molecule has 2 aromatic carbocycles. The van der Waals surface area contributed by atoms with Gasteiger partial charge in [0.2, 0.25) is 10.0 Å². The molecule has 3 rings (SSSR count). The molecular weight excluding hydrogens is 370 g/mol. The zero-order valence-corrected chi connectivity index (χ0v) is 16.8. The Labute approximate surface area is 159 Å². The summed E-state index contributed by atoms with van der Waals surface area (Å²) in [5.41, 5.74) is 1.92. The van der Waals surface area contributed by atoms with Gasteiger partial charge in [-0.1, -0.05) is 19.1 Å². The summed E-state index contributed by atoms with van der Waals surface area (Å²) in [5.74, 6) is 2.07. The molecular formula is C19H23NO4S2. The zero-order chi connectivity index (χ0) is 18.7. The molecule has 140 valence electrons. The molecule has 0 spiro atoms. The second-order valence-corrected chi connectivity index (χ2v) is 9.02. The first-order chi connectivity index (χ1) is 12.5. The van der Waals surface area contributed by atoms with Crippen molar-refractivity contribution in [2.24, 2.45) is 0 Å². The Morgan fingerprint density at radius 2 is 1.85 bits per heavy atom. The fourth-order valence-electron chi connectivity index (χ4n) is 3.01. The average molecular weight is 394 g/mol. The van der Waals surface area contributed by atoms with E-state index in [-0.39, 0.29) is 5.37 Å². The summed E-state index contributed by atoms with van der Waals surface area (Å²) < 4.78 is 38.8. The molecule has 0 aromatic heterocycles. The molecule has 0 saturated carbocycles. The van der Waals surface area contributed by atoms with E-state index in [2.05, 4.69) is 0 Å². The summed E-state index contributed by atoms with van der Waals surface area (Å²) in [7, 11) is -0.404. The molecule has 1 atom stereocenters. The lowest BCUT2D eigenvalue weighted by molar-refractivity contribution is 0.382. The summed E-state index contributed by atoms with van der Waals surface area (Å²) in [6.07, 6.45) is 0.878. The third-order valence-electron chi connectivity index (χ3n) is 4.49. The van der Waals surface area contributed by atoms with Gasteiger partial charge < -0.3 is 9.47 Å². The van der Waals surface area contributed by atoms with E-state index in [4.69, 9.17) is 9.47 Å². The summed E-state index contributed by atoms with van der Waals surface area (Å²) in [4.78, 5) is 0.323. The van der Waals surface area contributed by atoms with Gasteiger partial charge in [0.1, 0.15) is 11.5 Å². The minimum absolute atomic E-state index is 0.323. The zero-order valence-electron chi connectivity index (χ0n) is 15.1. The van der Waals surface area contributed by atoms with Gasteiger partial charge >= 0.3 is 0 Å². The lowest BCUT2D eigenvalue weighted by atomic mass is 10.2. The van der Waals surface area contributed by atoms with Gasteiger partial charge in [-0.25, -0.2) is 8.42 Å². The fourth-order valence-corrected chi connectivity index (χ4v) is 6.26. The van der Waals surface area contributed by atoms with Gasteiger partial charge in [0, 0.05) is 17.9 Å². The van der Waals surface area contributed by atoms with Gasteiger partial charge in [0.25, 0.3) is 0 Å². The Balaban J connectivity index is 1.99. The highest BCUT2D eigenvalue weighted by Gasteiger charge is 2.38. The number of aryl methyl sites for hydroxylation is 1. The van der Waals surface area contributed by atoms with E-state index >= 15 is 0 Å². The van der Waals surface area contributed by atoms with E-state index in [1.54, 1.807) is 42.4 Å². The Morgan fingerprint density at radius 3 is 2.46 bits per heavy atom. The first-order valence-corrected chi connectivity index (χ1v) is 10.9. The van der Waals surface area contributed by atoms with E-state index in [0.717, 1.165) is 23.3 Å². The number of methoxy groups -OCH3 is 2. The predicted octanol–water partition coefficient (Wildman–Crippen LogP) is 3.70. The molecule has 0 unspecified atom stereocenters. The van der Waals surface area contributed by atoms with Crippen LogP contribution in [0.4, 0.5) is 0 Å². The fraction of sp³-hybridized carbons (Fsp3) is 0.368. The lowest BCUT2D eigenvalue weighted by Gasteiger charge is -2.25. The first-order valence-electron chi connectivity index (χ1n) is 8.45. The monoisotopic (exact) mass is 393 g/mol. The number of nitrogens with zero attached hydrogens (tertiary/aromatic N) is 1. The Morgan fingerprint density at radius 1 is 1.12 bits per heavy atom. The van der Waals surface area contributed by atoms with Gasteiger partial charge in [-0.15, -0.1) is 11.8 Å². The molecule has 0 radical (unpaired) electrons. The van der Waals surface area contributed by atoms with Crippen LogP contribution in [0.5, 0.6) is 11.5 Å². The number of benzene rings is 2. The third kappa shape index (κ3) is 3.56. The van der Waals surface area contributed by atoms with Crippen molar-refractivity contribution in [2.75, 3.05) is 26.5 Å². The molecule has 0 amide bonds. The molecule has 0 bridgehead atoms. The van der Waals surface area contributed by atoms with Crippen LogP contribution in [0.25, 0.3) is 0 Å². The van der Waals surface area contributed by atoms with E-state index in [1.165, 1.54) is 0 Å². The quantitative estimate of drug-likeness (QED) is 0.749. The van der Waals surface area contributed by atoms with E-state index in [0.29, 0.717) is 22.9 Å². The van der Waals surface area contributed by atoms with Crippen molar-refractivity contribution in [2.45, 2.75) is 23.6 Å². The number of ether oxygens (including phenoxy) is 2. The maximum atomic E-state index is 13.2. The van der Waals surface area contributed by atoms with Gasteiger partial charge in [-0.3, -0.25) is 0 Å². The number of sulfonamides is 1. The standard InChI is InChI=1S/C19H23NO4S2/c1-4-14-5-8-16(9-6-14)26(21,22)20-11-12-25-19(20)17-13-15(23-2)7-10-18(17)24-3/h5-10,13,19H,4,11-12H2,1-3H3/t19-/m1/s1. The molecule has 26 heavy (non-hydrogen) atoms. The van der Waals surface area contributed by atoms with Crippen LogP contribution in [-0.2, 0) is 16.4 Å². The molecule has 0 N–H and O–H groups in total. The molecule has 7 heteroatoms. The second-order valence-electron chi connectivity index (χ2n) is 5.94. The van der Waals surface area contributed by atoms with Crippen LogP contribution in [0.2, 0.25) is 0 Å². The van der Waals surface area contributed by atoms with E-state index < -0.39 is 10.0 Å². The number of rotatable bonds is 6. The van der Waals surface area contributed by atoms with Crippen molar-refractivity contribution < 1.29 is 17.9 Å². The van der Waals surface area contributed by atoms with Crippen LogP contribution in [0.3, 0.4) is 0 Å². The Hall–Kier alpha value is -1.70. The van der Waals surface area contributed by atoms with Crippen molar-refractivity contribution in [1.82, 2.24) is 4.31 Å². The molecule has 1 fully saturated rings. The second kappa shape index (κ2) is 7.90. The van der Waals surface area contributed by atoms with Crippen LogP contribution in [0.15, 0.2) is 47.4 Å². The van der Waals surface area contributed by atoms with Crippen LogP contribution >= 0.6 is 11.8 Å². The SMILES string of the molecule is CCc1ccc(S(=O)(=O)N2CCS[C@@H]2c2cc(OC)ccc2OC)cc1. The topological polar surface area (TPSA) is 55.8 Å². The molecule has 0 aliphatic carbocycles. The summed E-state index contributed by atoms with van der Waals surface area (Å²) in [6.45, 7) is 2.51. The highest BCUT2D eigenvalue weighted by molar-refractivity contribution is 8.01. The van der Waals surface area contributed by atoms with Crippen LogP contribution < -0.4 is 9.47 Å². The molecule has 1 aliphatic rings. The number of thioether (sulfide) groups is 1. The van der Waals surface area contributed by atoms with Crippen LogP contribution in [-0.4, -0.2) is 39.2 Å². The minimum atomic E-state index is -3.59. The normalized spacial score (nSPS) is 18.0. The highest BCUT2D eigenvalue weighted by Crippen LogP contribution is 2.45. The molecule has 5 nitrogen and oxygen atoms in total. The maximum Gasteiger partial charge on any atom is 0.244 e. The third-order valence-corrected chi connectivity index (χ3v) is 7.74.